The molecule has 0 saturated heterocycles. The Morgan fingerprint density at radius 2 is 2.00 bits per heavy atom. The van der Waals surface area contributed by atoms with Crippen LogP contribution < -0.4 is 9.04 Å². The normalized spacial score (nSPS) is 9.14. The number of hydrogen-bond donors (Lipinski definition) is 1. The molecule has 0 fully saturated rings. The van der Waals surface area contributed by atoms with Crippen LogP contribution in [-0.4, -0.2) is 27.5 Å². The molecule has 1 N–H and O–H groups in total. The zero-order chi connectivity index (χ0) is 10.6. The van der Waals surface area contributed by atoms with Crippen LogP contribution in [0.1, 0.15) is 0 Å². The topological polar surface area (TPSA) is 81.5 Å². The Labute approximate surface area is 87.7 Å². The van der Waals surface area contributed by atoms with Gasteiger partial charge in [-0.3, -0.25) is 10.1 Å². The second-order valence-corrected chi connectivity index (χ2v) is 2.57. The molecule has 1 aromatic carbocycles. The van der Waals surface area contributed by atoms with Crippen molar-refractivity contribution in [2.24, 2.45) is 0 Å². The molecule has 0 aliphatic carbocycles. The van der Waals surface area contributed by atoms with Gasteiger partial charge in [0.05, 0.1) is 4.92 Å². The number of carbonyl (C=O) groups is 1. The fourth-order valence-corrected chi connectivity index (χ4v) is 0.831. The lowest BCUT2D eigenvalue weighted by molar-refractivity contribution is -0.384. The van der Waals surface area contributed by atoms with Crippen molar-refractivity contribution in [3.8, 4) is 5.75 Å². The molecule has 0 spiro atoms. The fourth-order valence-electron chi connectivity index (χ4n) is 0.772. The Kier molecular flexibility index (Phi) is 3.45. The first-order valence-electron chi connectivity index (χ1n) is 3.56. The molecule has 0 atom stereocenters. The van der Waals surface area contributed by atoms with E-state index in [0.717, 1.165) is 0 Å². The van der Waals surface area contributed by atoms with Crippen LogP contribution in [0.5, 0.6) is 5.75 Å². The molecule has 7 heteroatoms. The van der Waals surface area contributed by atoms with Gasteiger partial charge in [0.1, 0.15) is 5.75 Å². The van der Waals surface area contributed by atoms with Crippen LogP contribution >= 0.6 is 0 Å². The van der Waals surface area contributed by atoms with E-state index in [4.69, 9.17) is 4.74 Å². The number of benzene rings is 1. The molecular weight excluding hydrogens is 203 g/mol. The third-order valence-corrected chi connectivity index (χ3v) is 1.61. The summed E-state index contributed by atoms with van der Waals surface area (Å²) >= 11 is 1.98. The minimum absolute atomic E-state index is 0.0522. The van der Waals surface area contributed by atoms with Crippen molar-refractivity contribution in [3.63, 3.8) is 0 Å². The zero-order valence-electron chi connectivity index (χ0n) is 6.97. The molecule has 0 aliphatic heterocycles. The highest BCUT2D eigenvalue weighted by Crippen LogP contribution is 2.17. The van der Waals surface area contributed by atoms with Gasteiger partial charge in [-0.25, -0.2) is 4.79 Å². The van der Waals surface area contributed by atoms with Crippen LogP contribution in [0.25, 0.3) is 0 Å². The van der Waals surface area contributed by atoms with E-state index >= 15 is 0 Å². The molecule has 0 unspecified atom stereocenters. The van der Waals surface area contributed by atoms with Crippen LogP contribution in [-0.2, 0) is 0 Å². The predicted octanol–water partition coefficient (Wildman–Crippen LogP) is 0.767. The summed E-state index contributed by atoms with van der Waals surface area (Å²) in [5.74, 6) is 0.246. The second kappa shape index (κ2) is 4.60. The fraction of sp³-hybridized carbons (Fsp3) is 0. The van der Waals surface area contributed by atoms with Crippen molar-refractivity contribution >= 4 is 28.3 Å². The third kappa shape index (κ3) is 2.73. The van der Waals surface area contributed by atoms with Crippen molar-refractivity contribution in [2.45, 2.75) is 0 Å². The van der Waals surface area contributed by atoms with Crippen molar-refractivity contribution in [1.29, 1.82) is 0 Å². The van der Waals surface area contributed by atoms with E-state index in [2.05, 4.69) is 4.30 Å². The zero-order valence-corrected chi connectivity index (χ0v) is 8.12. The summed E-state index contributed by atoms with van der Waals surface area (Å²) in [6, 6.07) is 5.20. The average molecular weight is 208 g/mol. The summed E-state index contributed by atoms with van der Waals surface area (Å²) in [5, 5.41) is 10.3. The lowest BCUT2D eigenvalue weighted by atomic mass is 10.3. The standard InChI is InChI=1S/C7H6N2O4.Al/c8-7(10)13-6-3-1-5(2-4-6)9(11)12;/h1-4H,(H2,8,10);/q;+1/p-1. The quantitative estimate of drug-likeness (QED) is 0.442. The predicted molar refractivity (Wildman–Crippen MR) is 48.0 cm³/mol. The number of nitrogens with zero attached hydrogens (tertiary/aromatic N) is 1. The van der Waals surface area contributed by atoms with Crippen LogP contribution in [0, 0.1) is 10.1 Å². The van der Waals surface area contributed by atoms with Crippen LogP contribution in [0.3, 0.4) is 0 Å². The van der Waals surface area contributed by atoms with Crippen molar-refractivity contribution in [3.05, 3.63) is 34.4 Å². The first kappa shape index (κ1) is 10.5. The Bertz CT molecular complexity index is 351. The van der Waals surface area contributed by atoms with Gasteiger partial charge >= 0.3 is 22.6 Å². The molecule has 0 aliphatic rings. The van der Waals surface area contributed by atoms with Gasteiger partial charge in [0, 0.05) is 12.1 Å². The minimum Gasteiger partial charge on any atom is -0.430 e. The van der Waals surface area contributed by atoms with Crippen molar-refractivity contribution < 1.29 is 14.5 Å². The number of nitro benzene ring substituents is 1. The summed E-state index contributed by atoms with van der Waals surface area (Å²) in [5.41, 5.74) is -0.0522. The maximum Gasteiger partial charge on any atom is 0.387 e. The van der Waals surface area contributed by atoms with Gasteiger partial charge in [0.2, 0.25) is 0 Å². The lowest BCUT2D eigenvalue weighted by Gasteiger charge is -2.02. The Balaban J connectivity index is 2.73. The number of nitro groups is 1. The molecule has 1 amide bonds. The number of non-ortho nitro benzene ring substituents is 1. The number of nitrogens with one attached hydrogen (secondary N) is 1. The summed E-state index contributed by atoms with van der Waals surface area (Å²) in [7, 11) is 0. The number of rotatable bonds is 2. The van der Waals surface area contributed by atoms with Gasteiger partial charge in [-0.1, -0.05) is 0 Å². The largest absolute Gasteiger partial charge is 0.430 e. The highest BCUT2D eigenvalue weighted by atomic mass is 27.1. The molecule has 2 radical (unpaired) electrons. The van der Waals surface area contributed by atoms with E-state index < -0.39 is 11.0 Å². The van der Waals surface area contributed by atoms with Gasteiger partial charge in [-0.05, 0) is 12.1 Å². The summed E-state index contributed by atoms with van der Waals surface area (Å²) < 4.78 is 6.88. The van der Waals surface area contributed by atoms with E-state index in [1.54, 1.807) is 0 Å². The number of ether oxygens (including phenoxy) is 1. The first-order valence-corrected chi connectivity index (χ1v) is 4.14. The number of carbonyl (C=O) groups excluding carboxylic acids is 1. The Hall–Kier alpha value is -1.58. The number of amides is 1. The molecule has 1 aromatic rings. The molecule has 0 saturated carbocycles. The average Bonchev–Trinajstić information content (AvgIpc) is 2.18. The van der Waals surface area contributed by atoms with Crippen molar-refractivity contribution in [2.75, 3.05) is 0 Å². The molecule has 70 valence electrons. The molecule has 0 bridgehead atoms. The second-order valence-electron chi connectivity index (χ2n) is 2.28. The van der Waals surface area contributed by atoms with E-state index in [1.807, 2.05) is 16.5 Å². The maximum atomic E-state index is 10.7. The highest BCUT2D eigenvalue weighted by Gasteiger charge is 2.05. The molecule has 0 aromatic heterocycles. The Morgan fingerprint density at radius 3 is 2.43 bits per heavy atom. The molecule has 0 heterocycles. The summed E-state index contributed by atoms with van der Waals surface area (Å²) in [6.45, 7) is 0. The smallest absolute Gasteiger partial charge is 0.387 e. The van der Waals surface area contributed by atoms with Gasteiger partial charge in [0.15, 0.2) is 0 Å². The molecular formula is C7H5AlN2O4. The highest BCUT2D eigenvalue weighted by molar-refractivity contribution is 6.13. The third-order valence-electron chi connectivity index (χ3n) is 1.38. The van der Waals surface area contributed by atoms with Crippen LogP contribution in [0.15, 0.2) is 24.3 Å². The maximum absolute atomic E-state index is 10.7. The van der Waals surface area contributed by atoms with Crippen LogP contribution in [0.2, 0.25) is 0 Å². The molecule has 14 heavy (non-hydrogen) atoms. The Morgan fingerprint density at radius 1 is 1.43 bits per heavy atom. The van der Waals surface area contributed by atoms with Gasteiger partial charge in [-0.15, -0.1) is 0 Å². The molecule has 1 rings (SSSR count). The van der Waals surface area contributed by atoms with Crippen molar-refractivity contribution in [1.82, 2.24) is 4.30 Å². The first-order chi connectivity index (χ1) is 6.63. The summed E-state index contributed by atoms with van der Waals surface area (Å²) in [4.78, 5) is 20.5. The monoisotopic (exact) mass is 208 g/mol. The summed E-state index contributed by atoms with van der Waals surface area (Å²) in [6.07, 6.45) is -0.649. The number of hydrogen-bond acceptors (Lipinski definition) is 4. The SMILES string of the molecule is O=C([NH][Al])Oc1ccc([N+](=O)[O-])cc1. The molecule has 6 nitrogen and oxygen atoms in total. The van der Waals surface area contributed by atoms with E-state index in [-0.39, 0.29) is 11.4 Å². The van der Waals surface area contributed by atoms with E-state index in [9.17, 15) is 14.9 Å². The van der Waals surface area contributed by atoms with E-state index in [1.165, 1.54) is 24.3 Å². The van der Waals surface area contributed by atoms with Gasteiger partial charge < -0.3 is 9.04 Å². The minimum atomic E-state index is -0.649. The van der Waals surface area contributed by atoms with E-state index in [0.29, 0.717) is 0 Å². The van der Waals surface area contributed by atoms with Crippen LogP contribution in [0.4, 0.5) is 10.5 Å². The lowest BCUT2D eigenvalue weighted by Crippen LogP contribution is -2.23. The van der Waals surface area contributed by atoms with Gasteiger partial charge in [-0.2, -0.15) is 0 Å². The van der Waals surface area contributed by atoms with Gasteiger partial charge in [0.25, 0.3) is 5.69 Å².